The summed E-state index contributed by atoms with van der Waals surface area (Å²) in [5.41, 5.74) is -0.0978. The molecule has 0 radical (unpaired) electrons. The zero-order valence-electron chi connectivity index (χ0n) is 40.6. The lowest BCUT2D eigenvalue weighted by Crippen LogP contribution is -2.48. The molecule has 10 heterocycles. The van der Waals surface area contributed by atoms with Crippen molar-refractivity contribution < 1.29 is 58.8 Å². The number of nitrogens with one attached hydrogen (secondary N) is 9. The normalized spacial score (nSPS) is 29.6. The van der Waals surface area contributed by atoms with Gasteiger partial charge in [-0.25, -0.2) is 5.10 Å². The maximum absolute atomic E-state index is 10.9. The van der Waals surface area contributed by atoms with Gasteiger partial charge in [-0.2, -0.15) is 5.10 Å². The van der Waals surface area contributed by atoms with E-state index < -0.39 is 12.2 Å². The van der Waals surface area contributed by atoms with Crippen LogP contribution in [0, 0.1) is 11.8 Å². The topological polar surface area (TPSA) is 359 Å². The van der Waals surface area contributed by atoms with Crippen molar-refractivity contribution in [3.63, 3.8) is 0 Å². The molecule has 11 aliphatic rings. The predicted molar refractivity (Wildman–Crippen MR) is 255 cm³/mol. The predicted octanol–water partition coefficient (Wildman–Crippen LogP) is -1.90. The number of nitrogens with zero attached hydrogens (tertiary/aromatic N) is 1. The van der Waals surface area contributed by atoms with Crippen LogP contribution < -0.4 is 48.1 Å². The minimum atomic E-state index is -0.438. The smallest absolute Gasteiger partial charge is 0.264 e. The minimum absolute atomic E-state index is 0.0301. The number of rotatable bonds is 2. The molecule has 0 aromatic carbocycles. The summed E-state index contributed by atoms with van der Waals surface area (Å²) in [6, 6.07) is 4.37. The quantitative estimate of drug-likeness (QED) is 0.144. The highest BCUT2D eigenvalue weighted by Gasteiger charge is 2.34. The lowest BCUT2D eigenvalue weighted by molar-refractivity contribution is -0.130. The third kappa shape index (κ3) is 24.2. The second-order valence-electron chi connectivity index (χ2n) is 19.1. The van der Waals surface area contributed by atoms with Gasteiger partial charge in [0, 0.05) is 80.6 Å². The number of hydrogen-bond donors (Lipinski definition) is 13. The van der Waals surface area contributed by atoms with E-state index in [2.05, 4.69) is 58.8 Å². The van der Waals surface area contributed by atoms with Gasteiger partial charge in [0.05, 0.1) is 56.3 Å². The number of aliphatic hydroxyl groups is 4. The van der Waals surface area contributed by atoms with Gasteiger partial charge in [-0.15, -0.1) is 0 Å². The maximum Gasteiger partial charge on any atom is 0.264 e. The average molecular weight is 989 g/mol. The molecule has 9 aliphatic heterocycles. The van der Waals surface area contributed by atoms with Gasteiger partial charge in [0.2, 0.25) is 47.3 Å². The number of amides is 8. The Morgan fingerprint density at radius 1 is 0.629 bits per heavy atom. The van der Waals surface area contributed by atoms with Crippen molar-refractivity contribution in [2.24, 2.45) is 11.8 Å². The van der Waals surface area contributed by atoms with Crippen LogP contribution >= 0.6 is 0 Å². The SMILES string of the molecule is CC1(C)CCC(=O)N1.CC1CCC(=O)N1.O=C1CC(O)CCN1.O=C1CC[C@@H](CO)N1.O=C1CC[C@H](CO)N1.O=C1C[C@H](O)CN1.O=C1NC2CCC1CC2.O=C1N[C@H]2C=C[C@@H]1C2.O=c1cccn[nH]1. The fourth-order valence-electron chi connectivity index (χ4n) is 8.10. The molecule has 10 fully saturated rings. The number of hydrogen-bond acceptors (Lipinski definition) is 14. The van der Waals surface area contributed by atoms with E-state index >= 15 is 0 Å². The zero-order chi connectivity index (χ0) is 51.6. The molecule has 4 bridgehead atoms. The fourth-order valence-corrected chi connectivity index (χ4v) is 8.10. The van der Waals surface area contributed by atoms with Gasteiger partial charge in [0.1, 0.15) is 0 Å². The Bertz CT molecular complexity index is 1890. The Hall–Kier alpha value is -5.78. The molecule has 23 heteroatoms. The van der Waals surface area contributed by atoms with Crippen LogP contribution in [0.25, 0.3) is 0 Å². The summed E-state index contributed by atoms with van der Waals surface area (Å²) in [4.78, 5) is 94.0. The molecule has 12 rings (SSSR count). The number of H-pyrrole nitrogens is 1. The Labute approximate surface area is 408 Å². The van der Waals surface area contributed by atoms with E-state index in [0.29, 0.717) is 68.7 Å². The van der Waals surface area contributed by atoms with Gasteiger partial charge in [-0.1, -0.05) is 12.2 Å². The van der Waals surface area contributed by atoms with Gasteiger partial charge >= 0.3 is 0 Å². The van der Waals surface area contributed by atoms with Crippen LogP contribution in [0.5, 0.6) is 0 Å². The summed E-state index contributed by atoms with van der Waals surface area (Å²) in [7, 11) is 0. The molecule has 23 nitrogen and oxygen atoms in total. The maximum atomic E-state index is 10.9. The minimum Gasteiger partial charge on any atom is -0.394 e. The van der Waals surface area contributed by atoms with Crippen LogP contribution in [0.15, 0.2) is 35.3 Å². The Balaban J connectivity index is 0.000000209. The van der Waals surface area contributed by atoms with E-state index in [4.69, 9.17) is 20.4 Å². The van der Waals surface area contributed by atoms with Crippen molar-refractivity contribution in [1.29, 1.82) is 0 Å². The Morgan fingerprint density at radius 3 is 1.43 bits per heavy atom. The average Bonchev–Trinajstić information content (AvgIpc) is 4.22. The first kappa shape index (κ1) is 58.5. The van der Waals surface area contributed by atoms with Crippen LogP contribution in [0.1, 0.15) is 124 Å². The van der Waals surface area contributed by atoms with Gasteiger partial charge in [-0.3, -0.25) is 43.2 Å². The molecule has 2 aliphatic carbocycles. The fraction of sp³-hybridized carbons (Fsp3) is 0.702. The number of aromatic nitrogens is 2. The lowest BCUT2D eigenvalue weighted by Gasteiger charge is -2.35. The largest absolute Gasteiger partial charge is 0.394 e. The van der Waals surface area contributed by atoms with E-state index in [9.17, 15) is 43.2 Å². The third-order valence-electron chi connectivity index (χ3n) is 12.2. The number of β-amino-alcohol motifs (C(OH)–C–C–N with tert-alkyl or cyclic N) is 1. The van der Waals surface area contributed by atoms with Crippen LogP contribution in [-0.2, 0) is 38.4 Å². The van der Waals surface area contributed by atoms with Crippen molar-refractivity contribution in [2.75, 3.05) is 26.3 Å². The van der Waals surface area contributed by atoms with Gasteiger partial charge in [0.25, 0.3) is 5.56 Å². The van der Waals surface area contributed by atoms with Crippen molar-refractivity contribution in [3.8, 4) is 0 Å². The Morgan fingerprint density at radius 2 is 1.23 bits per heavy atom. The van der Waals surface area contributed by atoms with Crippen LogP contribution in [0.4, 0.5) is 0 Å². The van der Waals surface area contributed by atoms with Crippen molar-refractivity contribution in [2.45, 2.75) is 171 Å². The summed E-state index contributed by atoms with van der Waals surface area (Å²) in [5.74, 6) is 1.51. The van der Waals surface area contributed by atoms with Gasteiger partial charge in [-0.05, 0) is 91.0 Å². The van der Waals surface area contributed by atoms with Crippen LogP contribution in [0.3, 0.4) is 0 Å². The first-order valence-corrected chi connectivity index (χ1v) is 24.3. The summed E-state index contributed by atoms with van der Waals surface area (Å²) in [6.07, 6.45) is 17.8. The number of carbonyl (C=O) groups excluding carboxylic acids is 8. The number of carbonyl (C=O) groups is 8. The molecular weight excluding hydrogens is 913 g/mol. The van der Waals surface area contributed by atoms with Crippen LogP contribution in [0.2, 0.25) is 0 Å². The van der Waals surface area contributed by atoms with E-state index in [0.717, 1.165) is 51.4 Å². The number of aliphatic hydroxyl groups excluding tert-OH is 4. The Kier molecular flexibility index (Phi) is 25.7. The van der Waals surface area contributed by atoms with Crippen molar-refractivity contribution in [1.82, 2.24) is 52.7 Å². The molecule has 1 aromatic rings. The van der Waals surface area contributed by atoms with E-state index in [1.54, 1.807) is 6.07 Å². The molecule has 2 unspecified atom stereocenters. The first-order valence-electron chi connectivity index (χ1n) is 24.3. The molecule has 13 N–H and O–H groups in total. The summed E-state index contributed by atoms with van der Waals surface area (Å²) < 4.78 is 0. The molecule has 9 saturated heterocycles. The highest BCUT2D eigenvalue weighted by molar-refractivity contribution is 5.85. The first-order chi connectivity index (χ1) is 33.2. The molecule has 392 valence electrons. The third-order valence-corrected chi connectivity index (χ3v) is 12.2. The second kappa shape index (κ2) is 30.7. The molecular formula is C47H76N10O13. The summed E-state index contributed by atoms with van der Waals surface area (Å²) >= 11 is 0. The highest BCUT2D eigenvalue weighted by atomic mass is 16.3. The van der Waals surface area contributed by atoms with Gasteiger partial charge < -0.3 is 63.0 Å². The molecule has 7 atom stereocenters. The van der Waals surface area contributed by atoms with Crippen molar-refractivity contribution in [3.05, 3.63) is 40.8 Å². The standard InChI is InChI=1S/C7H11NO.C6H7NO.C6H11NO.3C5H9NO2.C5H9NO.C4H4N2O.C4H7NO2/c9-7-5-1-3-6(8-7)4-2-5;8-6-4-1-2-5(3-4)7-6;1-6(2)4-3-5(8)7-6;7-4-1-2-6-5(8)3-4;2*7-3-4-1-2-5(8)6-4;1-4-2-3-5(7)6-4;7-4-2-1-3-5-6-4;6-3-1-4(7)5-2-3/h5-6H,1-4H2,(H,8,9);1-2,4-5H,3H2,(H,7,8);3-4H2,1-2H3,(H,7,8);3*4,7H,1-3H2,(H,6,8);4H,2-3H2,1H3,(H,6,7);1-3H,(H,6,7);3,6H,1-2H2,(H,5,7)/t;4-,5+;;;2*4-;;;3-/m.1..10..0/s1. The molecule has 8 amide bonds. The molecule has 1 aromatic heterocycles. The molecule has 70 heavy (non-hydrogen) atoms. The zero-order valence-corrected chi connectivity index (χ0v) is 40.6. The highest BCUT2D eigenvalue weighted by Crippen LogP contribution is 2.29. The molecule has 0 spiro atoms. The number of piperidine rings is 3. The van der Waals surface area contributed by atoms with Gasteiger partial charge in [0.15, 0.2) is 0 Å². The van der Waals surface area contributed by atoms with E-state index in [1.165, 1.54) is 25.1 Å². The lowest BCUT2D eigenvalue weighted by atomic mass is 9.81. The number of fused-ring (bicyclic) bond motifs is 5. The van der Waals surface area contributed by atoms with E-state index in [-0.39, 0.29) is 96.5 Å². The van der Waals surface area contributed by atoms with E-state index in [1.807, 2.05) is 26.8 Å². The monoisotopic (exact) mass is 989 g/mol. The summed E-state index contributed by atoms with van der Waals surface area (Å²) in [6.45, 7) is 7.30. The van der Waals surface area contributed by atoms with Crippen LogP contribution in [-0.4, -0.2) is 152 Å². The second-order valence-corrected chi connectivity index (χ2v) is 19.1. The summed E-state index contributed by atoms with van der Waals surface area (Å²) in [5, 5.41) is 61.8. The van der Waals surface area contributed by atoms with Crippen molar-refractivity contribution >= 4 is 47.3 Å². The molecule has 1 saturated carbocycles. The number of aromatic amines is 1.